The van der Waals surface area contributed by atoms with Gasteiger partial charge in [-0.05, 0) is 30.4 Å². The molecule has 10 heteroatoms. The Morgan fingerprint density at radius 1 is 1.18 bits per heavy atom. The van der Waals surface area contributed by atoms with Gasteiger partial charge in [-0.2, -0.15) is 5.10 Å². The molecule has 5 N–H and O–H groups in total. The van der Waals surface area contributed by atoms with Crippen molar-refractivity contribution in [3.05, 3.63) is 41.7 Å². The predicted molar refractivity (Wildman–Crippen MR) is 132 cm³/mol. The summed E-state index contributed by atoms with van der Waals surface area (Å²) in [5, 5.41) is 14.4. The summed E-state index contributed by atoms with van der Waals surface area (Å²) in [6, 6.07) is 8.88. The lowest BCUT2D eigenvalue weighted by molar-refractivity contribution is -0.129. The first-order valence-corrected chi connectivity index (χ1v) is 12.1. The standard InChI is InChI=1S/C24H33N9O/c1-16(34)33-10-7-20(8-11-33)29-23-22-21(27-15-28-23)24(31-30-22)26-12-19(25)14-32-9-6-17-4-2-3-5-18(17)13-32/h2-5,15,19-20H,6-14,25H2,1H3,(H2,26,30,31)(H,27,28,29)/t19-/m0/s1. The minimum atomic E-state index is -0.0251. The average molecular weight is 464 g/mol. The van der Waals surface area contributed by atoms with Gasteiger partial charge in [-0.3, -0.25) is 14.8 Å². The molecular formula is C24H33N9O. The number of hydrogen-bond acceptors (Lipinski definition) is 8. The second kappa shape index (κ2) is 9.94. The fraction of sp³-hybridized carbons (Fsp3) is 0.500. The van der Waals surface area contributed by atoms with E-state index in [2.05, 4.69) is 60.0 Å². The van der Waals surface area contributed by atoms with Crippen molar-refractivity contribution in [1.29, 1.82) is 0 Å². The molecule has 180 valence electrons. The van der Waals surface area contributed by atoms with Crippen LogP contribution >= 0.6 is 0 Å². The van der Waals surface area contributed by atoms with E-state index in [0.29, 0.717) is 12.4 Å². The number of piperidine rings is 1. The first-order valence-electron chi connectivity index (χ1n) is 12.1. The molecule has 0 saturated carbocycles. The second-order valence-corrected chi connectivity index (χ2v) is 9.34. The highest BCUT2D eigenvalue weighted by Gasteiger charge is 2.23. The molecule has 0 unspecified atom stereocenters. The van der Waals surface area contributed by atoms with Crippen molar-refractivity contribution in [2.75, 3.05) is 43.4 Å². The van der Waals surface area contributed by atoms with Crippen LogP contribution in [-0.4, -0.2) is 80.7 Å². The molecule has 4 heterocycles. The van der Waals surface area contributed by atoms with Crippen LogP contribution in [0.2, 0.25) is 0 Å². The number of benzene rings is 1. The fourth-order valence-corrected chi connectivity index (χ4v) is 4.93. The Kier molecular flexibility index (Phi) is 6.59. The normalized spacial score (nSPS) is 18.0. The summed E-state index contributed by atoms with van der Waals surface area (Å²) in [4.78, 5) is 24.7. The smallest absolute Gasteiger partial charge is 0.219 e. The topological polar surface area (TPSA) is 128 Å². The summed E-state index contributed by atoms with van der Waals surface area (Å²) in [7, 11) is 0. The molecular weight excluding hydrogens is 430 g/mol. The molecule has 34 heavy (non-hydrogen) atoms. The quantitative estimate of drug-likeness (QED) is 0.416. The highest BCUT2D eigenvalue weighted by Crippen LogP contribution is 2.25. The molecule has 1 atom stereocenters. The van der Waals surface area contributed by atoms with Crippen LogP contribution in [0, 0.1) is 0 Å². The summed E-state index contributed by atoms with van der Waals surface area (Å²) >= 11 is 0. The molecule has 1 fully saturated rings. The number of nitrogens with zero attached hydrogens (tertiary/aromatic N) is 5. The van der Waals surface area contributed by atoms with Gasteiger partial charge in [0.15, 0.2) is 11.6 Å². The lowest BCUT2D eigenvalue weighted by Gasteiger charge is -2.31. The molecule has 0 spiro atoms. The number of aromatic amines is 1. The number of amides is 1. The number of aromatic nitrogens is 4. The monoisotopic (exact) mass is 463 g/mol. The van der Waals surface area contributed by atoms with E-state index in [0.717, 1.165) is 68.8 Å². The zero-order chi connectivity index (χ0) is 23.5. The first-order chi connectivity index (χ1) is 16.6. The average Bonchev–Trinajstić information content (AvgIpc) is 3.27. The molecule has 0 bridgehead atoms. The van der Waals surface area contributed by atoms with Gasteiger partial charge in [-0.15, -0.1) is 0 Å². The molecule has 0 aliphatic carbocycles. The van der Waals surface area contributed by atoms with Gasteiger partial charge in [0, 0.05) is 58.3 Å². The van der Waals surface area contributed by atoms with E-state index in [9.17, 15) is 4.79 Å². The zero-order valence-electron chi connectivity index (χ0n) is 19.6. The Labute approximate surface area is 199 Å². The molecule has 2 aliphatic rings. The molecule has 5 rings (SSSR count). The van der Waals surface area contributed by atoms with E-state index >= 15 is 0 Å². The van der Waals surface area contributed by atoms with Crippen LogP contribution in [0.3, 0.4) is 0 Å². The fourth-order valence-electron chi connectivity index (χ4n) is 4.93. The Balaban J connectivity index is 1.16. The number of rotatable bonds is 7. The minimum absolute atomic E-state index is 0.0251. The van der Waals surface area contributed by atoms with Crippen molar-refractivity contribution in [3.8, 4) is 0 Å². The number of carbonyl (C=O) groups is 1. The maximum absolute atomic E-state index is 11.6. The summed E-state index contributed by atoms with van der Waals surface area (Å²) < 4.78 is 0. The molecule has 2 aromatic heterocycles. The number of H-pyrrole nitrogens is 1. The van der Waals surface area contributed by atoms with Crippen molar-refractivity contribution in [1.82, 2.24) is 30.0 Å². The van der Waals surface area contributed by atoms with Crippen LogP contribution in [0.25, 0.3) is 11.0 Å². The minimum Gasteiger partial charge on any atom is -0.365 e. The number of hydrogen-bond donors (Lipinski definition) is 4. The Hall–Kier alpha value is -3.24. The van der Waals surface area contributed by atoms with E-state index in [1.165, 1.54) is 11.1 Å². The van der Waals surface area contributed by atoms with Crippen molar-refractivity contribution in [3.63, 3.8) is 0 Å². The van der Waals surface area contributed by atoms with Crippen LogP contribution in [-0.2, 0) is 17.8 Å². The Bertz CT molecular complexity index is 1140. The molecule has 2 aliphatic heterocycles. The molecule has 1 aromatic carbocycles. The third-order valence-corrected chi connectivity index (χ3v) is 6.87. The summed E-state index contributed by atoms with van der Waals surface area (Å²) in [5.41, 5.74) is 10.8. The SMILES string of the molecule is CC(=O)N1CCC(Nc2ncnc3c(NC[C@H](N)CN4CCc5ccccc5C4)n[nH]c23)CC1. The largest absolute Gasteiger partial charge is 0.365 e. The maximum atomic E-state index is 11.6. The number of anilines is 2. The van der Waals surface area contributed by atoms with Crippen molar-refractivity contribution in [2.24, 2.45) is 5.73 Å². The van der Waals surface area contributed by atoms with Crippen molar-refractivity contribution >= 4 is 28.6 Å². The van der Waals surface area contributed by atoms with Gasteiger partial charge in [0.2, 0.25) is 5.91 Å². The summed E-state index contributed by atoms with van der Waals surface area (Å²) in [5.74, 6) is 1.56. The van der Waals surface area contributed by atoms with E-state index in [1.54, 1.807) is 13.3 Å². The van der Waals surface area contributed by atoms with Crippen molar-refractivity contribution < 1.29 is 4.79 Å². The van der Waals surface area contributed by atoms with Gasteiger partial charge in [-0.25, -0.2) is 9.97 Å². The van der Waals surface area contributed by atoms with E-state index in [-0.39, 0.29) is 18.0 Å². The highest BCUT2D eigenvalue weighted by atomic mass is 16.2. The number of nitrogens with two attached hydrogens (primary N) is 1. The van der Waals surface area contributed by atoms with Crippen LogP contribution in [0.15, 0.2) is 30.6 Å². The molecule has 1 amide bonds. The summed E-state index contributed by atoms with van der Waals surface area (Å²) in [6.45, 7) is 6.55. The van der Waals surface area contributed by atoms with Gasteiger partial charge in [-0.1, -0.05) is 24.3 Å². The molecule has 0 radical (unpaired) electrons. The van der Waals surface area contributed by atoms with Crippen LogP contribution in [0.5, 0.6) is 0 Å². The third-order valence-electron chi connectivity index (χ3n) is 6.87. The number of likely N-dealkylation sites (tertiary alicyclic amines) is 1. The van der Waals surface area contributed by atoms with Gasteiger partial charge >= 0.3 is 0 Å². The number of fused-ring (bicyclic) bond motifs is 2. The third kappa shape index (κ3) is 4.97. The maximum Gasteiger partial charge on any atom is 0.219 e. The van der Waals surface area contributed by atoms with Crippen LogP contribution in [0.4, 0.5) is 11.6 Å². The lowest BCUT2D eigenvalue weighted by atomic mass is 9.99. The zero-order valence-corrected chi connectivity index (χ0v) is 19.6. The van der Waals surface area contributed by atoms with Crippen LogP contribution < -0.4 is 16.4 Å². The highest BCUT2D eigenvalue weighted by molar-refractivity contribution is 5.92. The molecule has 1 saturated heterocycles. The lowest BCUT2D eigenvalue weighted by Crippen LogP contribution is -2.43. The van der Waals surface area contributed by atoms with Gasteiger partial charge in [0.1, 0.15) is 17.4 Å². The number of nitrogens with one attached hydrogen (secondary N) is 3. The number of carbonyl (C=O) groups excluding carboxylic acids is 1. The van der Waals surface area contributed by atoms with Gasteiger partial charge in [0.05, 0.1) is 0 Å². The molecule has 10 nitrogen and oxygen atoms in total. The van der Waals surface area contributed by atoms with Gasteiger partial charge in [0.25, 0.3) is 0 Å². The Morgan fingerprint density at radius 2 is 1.97 bits per heavy atom. The second-order valence-electron chi connectivity index (χ2n) is 9.34. The van der Waals surface area contributed by atoms with E-state index in [1.807, 2.05) is 4.90 Å². The molecule has 3 aromatic rings. The van der Waals surface area contributed by atoms with E-state index in [4.69, 9.17) is 5.73 Å². The summed E-state index contributed by atoms with van der Waals surface area (Å²) in [6.07, 6.45) is 4.41. The van der Waals surface area contributed by atoms with Gasteiger partial charge < -0.3 is 21.3 Å². The van der Waals surface area contributed by atoms with E-state index < -0.39 is 0 Å². The first kappa shape index (κ1) is 22.5. The predicted octanol–water partition coefficient (Wildman–Crippen LogP) is 1.57. The van der Waals surface area contributed by atoms with Crippen LogP contribution in [0.1, 0.15) is 30.9 Å². The Morgan fingerprint density at radius 3 is 2.76 bits per heavy atom. The van der Waals surface area contributed by atoms with Crippen molar-refractivity contribution in [2.45, 2.75) is 44.8 Å².